The van der Waals surface area contributed by atoms with Crippen LogP contribution in [0.25, 0.3) is 0 Å². The number of alkyl halides is 4. The minimum atomic E-state index is -4.52. The van der Waals surface area contributed by atoms with Gasteiger partial charge in [0.25, 0.3) is 0 Å². The van der Waals surface area contributed by atoms with Crippen molar-refractivity contribution in [3.05, 3.63) is 28.8 Å². The molecule has 114 valence electrons. The van der Waals surface area contributed by atoms with E-state index in [2.05, 4.69) is 0 Å². The summed E-state index contributed by atoms with van der Waals surface area (Å²) in [4.78, 5) is 11.3. The highest BCUT2D eigenvalue weighted by atomic mass is 35.5. The molecule has 0 saturated carbocycles. The topological polar surface area (TPSA) is 50.1 Å². The highest BCUT2D eigenvalue weighted by molar-refractivity contribution is 8.00. The molecule has 0 atom stereocenters. The summed E-state index contributed by atoms with van der Waals surface area (Å²) in [5.41, 5.74) is -3.93. The molecule has 1 aromatic rings. The van der Waals surface area contributed by atoms with Crippen molar-refractivity contribution < 1.29 is 22.7 Å². The van der Waals surface area contributed by atoms with Crippen LogP contribution in [0.3, 0.4) is 0 Å². The van der Waals surface area contributed by atoms with Crippen LogP contribution in [0.2, 0.25) is 0 Å². The molecule has 0 fully saturated rings. The third-order valence-corrected chi connectivity index (χ3v) is 3.54. The fraction of sp³-hybridized carbons (Fsp3) is 0.385. The van der Waals surface area contributed by atoms with Gasteiger partial charge < -0.3 is 4.74 Å². The van der Waals surface area contributed by atoms with E-state index < -0.39 is 11.5 Å². The Balaban J connectivity index is 3.23. The van der Waals surface area contributed by atoms with Gasteiger partial charge in [-0.05, 0) is 35.9 Å². The lowest BCUT2D eigenvalue weighted by molar-refractivity contribution is -0.142. The second-order valence-electron chi connectivity index (χ2n) is 3.89. The van der Waals surface area contributed by atoms with E-state index in [9.17, 15) is 18.0 Å². The van der Waals surface area contributed by atoms with E-state index in [1.54, 1.807) is 13.0 Å². The number of thioether (sulfide) groups is 1. The van der Waals surface area contributed by atoms with Crippen LogP contribution >= 0.6 is 23.4 Å². The number of halogens is 4. The second kappa shape index (κ2) is 7.57. The molecule has 0 bridgehead atoms. The first-order chi connectivity index (χ1) is 9.80. The smallest absolute Gasteiger partial charge is 0.446 e. The summed E-state index contributed by atoms with van der Waals surface area (Å²) < 4.78 is 42.4. The first-order valence-corrected chi connectivity index (χ1v) is 7.19. The third kappa shape index (κ3) is 5.48. The van der Waals surface area contributed by atoms with Crippen molar-refractivity contribution in [1.82, 2.24) is 0 Å². The van der Waals surface area contributed by atoms with Crippen LogP contribution in [0.5, 0.6) is 0 Å². The van der Waals surface area contributed by atoms with Crippen molar-refractivity contribution in [2.45, 2.75) is 29.6 Å². The maximum Gasteiger partial charge on any atom is 0.446 e. The molecule has 3 nitrogen and oxygen atoms in total. The lowest BCUT2D eigenvalue weighted by Crippen LogP contribution is -2.10. The molecule has 0 N–H and O–H groups in total. The minimum Gasteiger partial charge on any atom is -0.466 e. The van der Waals surface area contributed by atoms with Crippen molar-refractivity contribution in [3.8, 4) is 6.07 Å². The Bertz CT molecular complexity index is 570. The summed E-state index contributed by atoms with van der Waals surface area (Å²) in [5.74, 6) is -0.665. The zero-order valence-corrected chi connectivity index (χ0v) is 12.5. The number of nitrogens with zero attached hydrogens (tertiary/aromatic N) is 1. The molecule has 1 rings (SSSR count). The van der Waals surface area contributed by atoms with Gasteiger partial charge in [-0.15, -0.1) is 11.6 Å². The van der Waals surface area contributed by atoms with Crippen LogP contribution in [0.15, 0.2) is 17.0 Å². The summed E-state index contributed by atoms with van der Waals surface area (Å²) in [6.07, 6.45) is -0.304. The molecular weight excluding hydrogens is 327 g/mol. The van der Waals surface area contributed by atoms with Gasteiger partial charge in [-0.25, -0.2) is 0 Å². The van der Waals surface area contributed by atoms with Gasteiger partial charge in [0, 0.05) is 10.8 Å². The molecule has 0 unspecified atom stereocenters. The molecule has 8 heteroatoms. The number of hydrogen-bond donors (Lipinski definition) is 0. The number of rotatable bonds is 5. The molecule has 0 aliphatic carbocycles. The van der Waals surface area contributed by atoms with Crippen LogP contribution in [0.1, 0.15) is 23.6 Å². The van der Waals surface area contributed by atoms with Crippen molar-refractivity contribution in [3.63, 3.8) is 0 Å². The Morgan fingerprint density at radius 3 is 2.57 bits per heavy atom. The molecule has 0 amide bonds. The molecular formula is C13H11ClF3NO2S. The van der Waals surface area contributed by atoms with Gasteiger partial charge in [0.05, 0.1) is 24.7 Å². The van der Waals surface area contributed by atoms with Crippen molar-refractivity contribution in [2.75, 3.05) is 6.61 Å². The van der Waals surface area contributed by atoms with Crippen molar-refractivity contribution in [2.24, 2.45) is 0 Å². The summed E-state index contributed by atoms with van der Waals surface area (Å²) in [6.45, 7) is 1.74. The van der Waals surface area contributed by atoms with E-state index in [1.165, 1.54) is 6.07 Å². The number of ether oxygens (including phenoxy) is 1. The van der Waals surface area contributed by atoms with E-state index in [1.807, 2.05) is 0 Å². The Kier molecular flexibility index (Phi) is 6.37. The van der Waals surface area contributed by atoms with Crippen molar-refractivity contribution in [1.29, 1.82) is 5.26 Å². The number of nitriles is 1. The lowest BCUT2D eigenvalue weighted by atomic mass is 10.0. The van der Waals surface area contributed by atoms with Crippen LogP contribution in [0, 0.1) is 11.3 Å². The Labute approximate surface area is 129 Å². The first kappa shape index (κ1) is 17.7. The number of carbonyl (C=O) groups excluding carboxylic acids is 1. The average molecular weight is 338 g/mol. The van der Waals surface area contributed by atoms with E-state index in [0.717, 1.165) is 6.07 Å². The third-order valence-electron chi connectivity index (χ3n) is 2.42. The van der Waals surface area contributed by atoms with E-state index in [0.29, 0.717) is 5.56 Å². The molecule has 0 aromatic heterocycles. The van der Waals surface area contributed by atoms with Gasteiger partial charge in [-0.2, -0.15) is 18.4 Å². The predicted molar refractivity (Wildman–Crippen MR) is 73.0 cm³/mol. The molecule has 21 heavy (non-hydrogen) atoms. The SMILES string of the molecule is CCOC(=O)Cc1cc(CCl)c(C#N)cc1SC(F)(F)F. The number of esters is 1. The maximum absolute atomic E-state index is 12.6. The normalized spacial score (nSPS) is 11.0. The molecule has 0 heterocycles. The molecule has 1 aromatic carbocycles. The van der Waals surface area contributed by atoms with E-state index >= 15 is 0 Å². The van der Waals surface area contributed by atoms with Gasteiger partial charge >= 0.3 is 11.5 Å². The molecule has 0 aliphatic rings. The van der Waals surface area contributed by atoms with Crippen LogP contribution in [-0.4, -0.2) is 18.1 Å². The Morgan fingerprint density at radius 2 is 2.10 bits per heavy atom. The first-order valence-electron chi connectivity index (χ1n) is 5.84. The predicted octanol–water partition coefficient (Wildman–Crippen LogP) is 4.01. The van der Waals surface area contributed by atoms with Gasteiger partial charge in [0.15, 0.2) is 0 Å². The van der Waals surface area contributed by atoms with E-state index in [4.69, 9.17) is 21.6 Å². The molecule has 0 aliphatic heterocycles. The fourth-order valence-electron chi connectivity index (χ4n) is 1.62. The Morgan fingerprint density at radius 1 is 1.43 bits per heavy atom. The largest absolute Gasteiger partial charge is 0.466 e. The number of carbonyl (C=O) groups is 1. The Hall–Kier alpha value is -1.39. The minimum absolute atomic E-state index is 0.0321. The zero-order chi connectivity index (χ0) is 16.0. The molecule has 0 radical (unpaired) electrons. The lowest BCUT2D eigenvalue weighted by Gasteiger charge is -2.13. The zero-order valence-electron chi connectivity index (χ0n) is 11.0. The monoisotopic (exact) mass is 337 g/mol. The van der Waals surface area contributed by atoms with Gasteiger partial charge in [0.2, 0.25) is 0 Å². The summed E-state index contributed by atoms with van der Waals surface area (Å²) in [7, 11) is 0. The second-order valence-corrected chi connectivity index (χ2v) is 5.27. The van der Waals surface area contributed by atoms with Crippen LogP contribution in [-0.2, 0) is 21.8 Å². The van der Waals surface area contributed by atoms with Gasteiger partial charge in [0.1, 0.15) is 0 Å². The summed E-state index contributed by atoms with van der Waals surface area (Å²) >= 11 is 5.30. The molecule has 0 spiro atoms. The van der Waals surface area contributed by atoms with Gasteiger partial charge in [-0.1, -0.05) is 6.07 Å². The highest BCUT2D eigenvalue weighted by Crippen LogP contribution is 2.40. The quantitative estimate of drug-likeness (QED) is 0.462. The summed E-state index contributed by atoms with van der Waals surface area (Å²) in [6, 6.07) is 4.24. The molecule has 0 saturated heterocycles. The fourth-order valence-corrected chi connectivity index (χ4v) is 2.53. The average Bonchev–Trinajstić information content (AvgIpc) is 2.38. The van der Waals surface area contributed by atoms with Crippen LogP contribution < -0.4 is 0 Å². The van der Waals surface area contributed by atoms with Crippen molar-refractivity contribution >= 4 is 29.3 Å². The van der Waals surface area contributed by atoms with Gasteiger partial charge in [-0.3, -0.25) is 4.79 Å². The van der Waals surface area contributed by atoms with E-state index in [-0.39, 0.29) is 46.7 Å². The maximum atomic E-state index is 12.6. The highest BCUT2D eigenvalue weighted by Gasteiger charge is 2.31. The number of benzene rings is 1. The standard InChI is InChI=1S/C13H11ClF3NO2S/c1-2-20-12(19)5-8-3-9(6-14)10(7-18)4-11(8)21-13(15,16)17/h3-4H,2,5-6H2,1H3. The number of hydrogen-bond acceptors (Lipinski definition) is 4. The van der Waals surface area contributed by atoms with Crippen LogP contribution in [0.4, 0.5) is 13.2 Å². The summed E-state index contributed by atoms with van der Waals surface area (Å²) in [5, 5.41) is 8.94.